The number of rotatable bonds is 9. The fourth-order valence-corrected chi connectivity index (χ4v) is 1.52. The standard InChI is InChI=1S/C6H14O12P2.2Ca/c7-3(1-17-19(11,12)13)5(9)6(10)4(8)2-18-20(14,15)16;;/h3,5-7,9-10H,1-2H2,(H2,11,12,13)(H2,14,15,16);;/q;2*+2/p-4/t3-,5-,6?;;/m1../s1. The van der Waals surface area contributed by atoms with E-state index in [1.807, 2.05) is 0 Å². The van der Waals surface area contributed by atoms with E-state index >= 15 is 0 Å². The van der Waals surface area contributed by atoms with E-state index in [0.717, 1.165) is 0 Å². The van der Waals surface area contributed by atoms with Crippen molar-refractivity contribution in [3.8, 4) is 0 Å². The zero-order chi connectivity index (χ0) is 16.1. The Kier molecular flexibility index (Phi) is 16.7. The summed E-state index contributed by atoms with van der Waals surface area (Å²) < 4.78 is 27.3. The Bertz CT molecular complexity index is 420. The SMILES string of the molecule is O=C(COP(=O)([O-])[O-])C(O)[C@H](O)[C@H](O)COP(=O)([O-])[O-].[Ca+2].[Ca+2]. The van der Waals surface area contributed by atoms with Crippen LogP contribution in [0.25, 0.3) is 0 Å². The largest absolute Gasteiger partial charge is 2.00 e. The van der Waals surface area contributed by atoms with Gasteiger partial charge >= 0.3 is 75.5 Å². The molecule has 16 heteroatoms. The molecule has 0 aliphatic heterocycles. The molecule has 22 heavy (non-hydrogen) atoms. The summed E-state index contributed by atoms with van der Waals surface area (Å²) in [6.45, 7) is -2.63. The van der Waals surface area contributed by atoms with Crippen molar-refractivity contribution in [2.24, 2.45) is 0 Å². The molecular formula is C6H10Ca2O12P2. The average molecular weight is 416 g/mol. The Morgan fingerprint density at radius 3 is 1.73 bits per heavy atom. The van der Waals surface area contributed by atoms with E-state index in [-0.39, 0.29) is 75.5 Å². The summed E-state index contributed by atoms with van der Waals surface area (Å²) in [6.07, 6.45) is -6.83. The molecule has 1 unspecified atom stereocenters. The van der Waals surface area contributed by atoms with E-state index in [1.165, 1.54) is 0 Å². The van der Waals surface area contributed by atoms with E-state index in [2.05, 4.69) is 9.05 Å². The van der Waals surface area contributed by atoms with Crippen LogP contribution in [0.5, 0.6) is 0 Å². The number of aliphatic hydroxyl groups excluding tert-OH is 3. The van der Waals surface area contributed by atoms with Crippen LogP contribution in [-0.4, -0.2) is 128 Å². The number of aliphatic hydroxyl groups is 3. The van der Waals surface area contributed by atoms with Crippen molar-refractivity contribution in [3.05, 3.63) is 0 Å². The van der Waals surface area contributed by atoms with Crippen LogP contribution in [-0.2, 0) is 23.0 Å². The maximum Gasteiger partial charge on any atom is 2.00 e. The molecule has 0 rings (SSSR count). The second-order valence-corrected chi connectivity index (χ2v) is 5.74. The summed E-state index contributed by atoms with van der Waals surface area (Å²) >= 11 is 0. The van der Waals surface area contributed by atoms with E-state index in [4.69, 9.17) is 10.2 Å². The molecule has 0 aromatic carbocycles. The topological polar surface area (TPSA) is 223 Å². The summed E-state index contributed by atoms with van der Waals surface area (Å²) in [4.78, 5) is 51.4. The Morgan fingerprint density at radius 2 is 1.36 bits per heavy atom. The second-order valence-electron chi connectivity index (χ2n) is 3.43. The van der Waals surface area contributed by atoms with Crippen molar-refractivity contribution in [1.82, 2.24) is 0 Å². The number of phosphoric acid groups is 2. The van der Waals surface area contributed by atoms with Gasteiger partial charge in [-0.05, 0) is 0 Å². The molecule has 0 aliphatic carbocycles. The third-order valence-electron chi connectivity index (χ3n) is 1.82. The van der Waals surface area contributed by atoms with Gasteiger partial charge in [-0.25, -0.2) is 0 Å². The van der Waals surface area contributed by atoms with Gasteiger partial charge in [0.05, 0.1) is 22.3 Å². The molecule has 0 amide bonds. The van der Waals surface area contributed by atoms with Gasteiger partial charge in [-0.2, -0.15) is 0 Å². The molecule has 0 spiro atoms. The molecule has 0 saturated carbocycles. The van der Waals surface area contributed by atoms with Crippen LogP contribution in [0.4, 0.5) is 0 Å². The minimum absolute atomic E-state index is 0. The quantitative estimate of drug-likeness (QED) is 0.236. The van der Waals surface area contributed by atoms with E-state index in [0.29, 0.717) is 0 Å². The molecular weight excluding hydrogens is 406 g/mol. The zero-order valence-corrected chi connectivity index (χ0v) is 17.2. The molecule has 0 aromatic rings. The van der Waals surface area contributed by atoms with Gasteiger partial charge in [-0.3, -0.25) is 4.79 Å². The second kappa shape index (κ2) is 12.6. The Hall–Kier alpha value is 2.29. The van der Waals surface area contributed by atoms with Crippen LogP contribution in [0.2, 0.25) is 0 Å². The predicted octanol–water partition coefficient (Wildman–Crippen LogP) is -6.43. The van der Waals surface area contributed by atoms with E-state index in [1.54, 1.807) is 0 Å². The minimum Gasteiger partial charge on any atom is -0.790 e. The molecule has 3 N–H and O–H groups in total. The monoisotopic (exact) mass is 416 g/mol. The maximum atomic E-state index is 11.1. The van der Waals surface area contributed by atoms with Gasteiger partial charge in [0.2, 0.25) is 0 Å². The molecule has 0 fully saturated rings. The van der Waals surface area contributed by atoms with Crippen LogP contribution in [0.15, 0.2) is 0 Å². The normalized spacial score (nSPS) is 16.0. The molecule has 0 bridgehead atoms. The average Bonchev–Trinajstić information content (AvgIpc) is 2.29. The number of hydrogen-bond donors (Lipinski definition) is 3. The number of hydrogen-bond acceptors (Lipinski definition) is 12. The Morgan fingerprint density at radius 1 is 0.955 bits per heavy atom. The van der Waals surface area contributed by atoms with Gasteiger partial charge in [0, 0.05) is 0 Å². The fourth-order valence-electron chi connectivity index (χ4n) is 0.895. The third-order valence-corrected chi connectivity index (χ3v) is 2.73. The van der Waals surface area contributed by atoms with Gasteiger partial charge in [0.15, 0.2) is 5.78 Å². The van der Waals surface area contributed by atoms with Gasteiger partial charge in [-0.1, -0.05) is 0 Å². The van der Waals surface area contributed by atoms with Crippen molar-refractivity contribution in [2.45, 2.75) is 18.3 Å². The summed E-state index contributed by atoms with van der Waals surface area (Å²) in [7, 11) is -10.9. The van der Waals surface area contributed by atoms with Gasteiger partial charge in [0.25, 0.3) is 0 Å². The van der Waals surface area contributed by atoms with Gasteiger partial charge in [-0.15, -0.1) is 0 Å². The molecule has 3 atom stereocenters. The molecule has 12 nitrogen and oxygen atoms in total. The molecule has 0 aliphatic rings. The first-order chi connectivity index (χ1) is 8.83. The smallest absolute Gasteiger partial charge is 0.790 e. The molecule has 120 valence electrons. The van der Waals surface area contributed by atoms with Crippen molar-refractivity contribution < 1.29 is 57.9 Å². The molecule has 0 aromatic heterocycles. The number of carbonyl (C=O) groups excluding carboxylic acids is 1. The number of Topliss-reactive ketones (excluding diaryl/α,β-unsaturated/α-hetero) is 1. The van der Waals surface area contributed by atoms with Gasteiger partial charge < -0.3 is 53.1 Å². The minimum atomic E-state index is -5.47. The number of ketones is 1. The third kappa shape index (κ3) is 14.6. The van der Waals surface area contributed by atoms with Crippen molar-refractivity contribution in [3.63, 3.8) is 0 Å². The summed E-state index contributed by atoms with van der Waals surface area (Å²) in [6, 6.07) is 0. The first-order valence-electron chi connectivity index (χ1n) is 4.73. The molecule has 0 saturated heterocycles. The Labute approximate surface area is 184 Å². The van der Waals surface area contributed by atoms with Crippen LogP contribution < -0.4 is 19.6 Å². The van der Waals surface area contributed by atoms with E-state index < -0.39 is 53.0 Å². The first kappa shape index (κ1) is 29.1. The summed E-state index contributed by atoms with van der Waals surface area (Å²) in [5.41, 5.74) is 0. The number of carbonyl (C=O) groups is 1. The molecule has 0 radical (unpaired) electrons. The maximum absolute atomic E-state index is 11.1. The Balaban J connectivity index is -0.00000180. The first-order valence-corrected chi connectivity index (χ1v) is 7.65. The fraction of sp³-hybridized carbons (Fsp3) is 0.833. The van der Waals surface area contributed by atoms with Crippen LogP contribution in [0, 0.1) is 0 Å². The van der Waals surface area contributed by atoms with Crippen molar-refractivity contribution in [2.75, 3.05) is 13.2 Å². The van der Waals surface area contributed by atoms with Crippen LogP contribution in [0.3, 0.4) is 0 Å². The van der Waals surface area contributed by atoms with Crippen LogP contribution in [0.1, 0.15) is 0 Å². The summed E-state index contributed by atoms with van der Waals surface area (Å²) in [5.74, 6) is -1.48. The van der Waals surface area contributed by atoms with Gasteiger partial charge in [0.1, 0.15) is 24.9 Å². The molecule has 0 heterocycles. The zero-order valence-electron chi connectivity index (χ0n) is 11.0. The van der Waals surface area contributed by atoms with Crippen molar-refractivity contribution in [1.29, 1.82) is 0 Å². The van der Waals surface area contributed by atoms with Crippen molar-refractivity contribution >= 4 is 96.9 Å². The number of phosphoric ester groups is 2. The van der Waals surface area contributed by atoms with E-state index in [9.17, 15) is 38.6 Å². The van der Waals surface area contributed by atoms with Crippen LogP contribution >= 0.6 is 15.6 Å². The summed E-state index contributed by atoms with van der Waals surface area (Å²) in [5, 5.41) is 27.5. The predicted molar refractivity (Wildman–Crippen MR) is 61.7 cm³/mol.